The van der Waals surface area contributed by atoms with Gasteiger partial charge in [-0.05, 0) is 37.1 Å². The summed E-state index contributed by atoms with van der Waals surface area (Å²) >= 11 is 0. The first kappa shape index (κ1) is 20.8. The van der Waals surface area contributed by atoms with Crippen LogP contribution in [0.15, 0.2) is 35.4 Å². The van der Waals surface area contributed by atoms with E-state index in [2.05, 4.69) is 31.7 Å². The molecular weight excluding hydrogens is 394 g/mol. The van der Waals surface area contributed by atoms with E-state index < -0.39 is 5.91 Å². The van der Waals surface area contributed by atoms with Crippen LogP contribution in [0, 0.1) is 0 Å². The van der Waals surface area contributed by atoms with Gasteiger partial charge in [-0.15, -0.1) is 0 Å². The largest absolute Gasteiger partial charge is 0.397 e. The van der Waals surface area contributed by atoms with Gasteiger partial charge in [-0.1, -0.05) is 6.92 Å². The third-order valence-corrected chi connectivity index (χ3v) is 5.86. The second kappa shape index (κ2) is 8.35. The Morgan fingerprint density at radius 3 is 2.71 bits per heavy atom. The number of hydrogen-bond acceptors (Lipinski definition) is 7. The number of aryl methyl sites for hydroxylation is 1. The molecule has 9 nitrogen and oxygen atoms in total. The molecule has 1 fully saturated rings. The average molecular weight is 422 g/mol. The fraction of sp³-hybridized carbons (Fsp3) is 0.364. The van der Waals surface area contributed by atoms with Crippen LogP contribution < -0.4 is 21.9 Å². The molecule has 0 aliphatic carbocycles. The van der Waals surface area contributed by atoms with Gasteiger partial charge in [0.15, 0.2) is 5.69 Å². The van der Waals surface area contributed by atoms with Crippen molar-refractivity contribution in [2.24, 2.45) is 5.73 Å². The molecule has 0 spiro atoms. The van der Waals surface area contributed by atoms with Crippen molar-refractivity contribution in [2.45, 2.75) is 32.9 Å². The lowest BCUT2D eigenvalue weighted by Crippen LogP contribution is -2.51. The van der Waals surface area contributed by atoms with Crippen molar-refractivity contribution in [3.8, 4) is 0 Å². The first-order chi connectivity index (χ1) is 14.9. The first-order valence-corrected chi connectivity index (χ1v) is 10.4. The first-order valence-electron chi connectivity index (χ1n) is 10.4. The predicted octanol–water partition coefficient (Wildman–Crippen LogP) is 1.27. The van der Waals surface area contributed by atoms with Gasteiger partial charge < -0.3 is 21.4 Å². The van der Waals surface area contributed by atoms with Gasteiger partial charge in [0.2, 0.25) is 0 Å². The van der Waals surface area contributed by atoms with E-state index in [1.165, 1.54) is 0 Å². The summed E-state index contributed by atoms with van der Waals surface area (Å²) in [6, 6.07) is 5.91. The number of aromatic nitrogens is 3. The maximum Gasteiger partial charge on any atom is 0.269 e. The van der Waals surface area contributed by atoms with Crippen LogP contribution in [-0.2, 0) is 13.0 Å². The number of fused-ring (bicyclic) bond motifs is 1. The monoisotopic (exact) mass is 421 g/mol. The van der Waals surface area contributed by atoms with Gasteiger partial charge in [0.05, 0.1) is 28.6 Å². The maximum absolute atomic E-state index is 12.1. The highest BCUT2D eigenvalue weighted by Gasteiger charge is 2.25. The molecule has 1 amide bonds. The highest BCUT2D eigenvalue weighted by atomic mass is 16.1. The lowest BCUT2D eigenvalue weighted by molar-refractivity contribution is 0.0996. The van der Waals surface area contributed by atoms with Crippen molar-refractivity contribution >= 4 is 28.3 Å². The molecule has 0 aromatic carbocycles. The van der Waals surface area contributed by atoms with Crippen LogP contribution in [0.1, 0.15) is 35.5 Å². The van der Waals surface area contributed by atoms with Crippen LogP contribution in [0.4, 0.5) is 11.4 Å². The summed E-state index contributed by atoms with van der Waals surface area (Å²) in [7, 11) is 0. The molecule has 1 atom stereocenters. The summed E-state index contributed by atoms with van der Waals surface area (Å²) in [5.41, 5.74) is 15.8. The Balaban J connectivity index is 1.46. The number of primary amides is 1. The fourth-order valence-electron chi connectivity index (χ4n) is 4.06. The zero-order valence-electron chi connectivity index (χ0n) is 17.8. The van der Waals surface area contributed by atoms with Gasteiger partial charge in [0, 0.05) is 44.0 Å². The summed E-state index contributed by atoms with van der Waals surface area (Å²) in [4.78, 5) is 39.7. The van der Waals surface area contributed by atoms with Crippen LogP contribution in [0.3, 0.4) is 0 Å². The van der Waals surface area contributed by atoms with Gasteiger partial charge in [-0.3, -0.25) is 19.5 Å². The van der Waals surface area contributed by atoms with Crippen LogP contribution in [0.5, 0.6) is 0 Å². The number of pyridine rings is 3. The third-order valence-electron chi connectivity index (χ3n) is 5.86. The Labute approximate surface area is 180 Å². The summed E-state index contributed by atoms with van der Waals surface area (Å²) in [6.45, 7) is 7.33. The van der Waals surface area contributed by atoms with Crippen molar-refractivity contribution < 1.29 is 4.79 Å². The number of piperazine rings is 1. The average Bonchev–Trinajstić information content (AvgIpc) is 2.74. The molecule has 4 rings (SSSR count). The Bertz CT molecular complexity index is 1190. The highest BCUT2D eigenvalue weighted by molar-refractivity contribution is 5.96. The van der Waals surface area contributed by atoms with Gasteiger partial charge in [-0.2, -0.15) is 0 Å². The number of nitrogens with two attached hydrogens (primary N) is 2. The Morgan fingerprint density at radius 2 is 2.03 bits per heavy atom. The van der Waals surface area contributed by atoms with Crippen molar-refractivity contribution in [1.82, 2.24) is 19.9 Å². The molecule has 5 N–H and O–H groups in total. The van der Waals surface area contributed by atoms with Gasteiger partial charge in [0.1, 0.15) is 0 Å². The molecule has 0 bridgehead atoms. The van der Waals surface area contributed by atoms with Crippen LogP contribution in [0.25, 0.3) is 11.0 Å². The van der Waals surface area contributed by atoms with Crippen LogP contribution in [-0.4, -0.2) is 51.4 Å². The number of aromatic amines is 1. The molecule has 4 heterocycles. The quantitative estimate of drug-likeness (QED) is 0.565. The molecular formula is C22H27N7O2. The maximum atomic E-state index is 12.1. The number of nitrogens with one attached hydrogen (secondary N) is 1. The summed E-state index contributed by atoms with van der Waals surface area (Å²) < 4.78 is 0. The van der Waals surface area contributed by atoms with Crippen LogP contribution >= 0.6 is 0 Å². The standard InChI is InChI=1S/C22H27N7O2/c1-3-15-7-18-19(27-22(15)31)6-14(9-25-18)12-28-4-5-29(11-13(28)2)16-8-17(23)20(21(24)30)26-10-16/h6-10,13H,3-5,11-12,23H2,1-2H3,(H2,24,30)(H,27,31)/t13-/m0/s1. The number of nitrogen functional groups attached to an aromatic ring is 1. The van der Waals surface area contributed by atoms with E-state index in [0.717, 1.165) is 54.0 Å². The molecule has 31 heavy (non-hydrogen) atoms. The molecule has 0 saturated carbocycles. The van der Waals surface area contributed by atoms with Gasteiger partial charge in [-0.25, -0.2) is 4.98 Å². The normalized spacial score (nSPS) is 17.2. The Hall–Kier alpha value is -3.46. The molecule has 0 unspecified atom stereocenters. The number of rotatable bonds is 5. The lowest BCUT2D eigenvalue weighted by atomic mass is 10.1. The molecule has 1 saturated heterocycles. The van der Waals surface area contributed by atoms with E-state index in [1.54, 1.807) is 12.3 Å². The van der Waals surface area contributed by atoms with Gasteiger partial charge in [0.25, 0.3) is 11.5 Å². The summed E-state index contributed by atoms with van der Waals surface area (Å²) in [5, 5.41) is 0. The van der Waals surface area contributed by atoms with E-state index in [4.69, 9.17) is 11.5 Å². The van der Waals surface area contributed by atoms with E-state index in [9.17, 15) is 9.59 Å². The predicted molar refractivity (Wildman–Crippen MR) is 121 cm³/mol. The summed E-state index contributed by atoms with van der Waals surface area (Å²) in [5.74, 6) is -0.626. The lowest BCUT2D eigenvalue weighted by Gasteiger charge is -2.41. The number of anilines is 2. The molecule has 1 aliphatic heterocycles. The zero-order valence-corrected chi connectivity index (χ0v) is 17.8. The molecule has 0 radical (unpaired) electrons. The number of H-pyrrole nitrogens is 1. The highest BCUT2D eigenvalue weighted by Crippen LogP contribution is 2.23. The van der Waals surface area contributed by atoms with Crippen molar-refractivity contribution in [2.75, 3.05) is 30.3 Å². The minimum absolute atomic E-state index is 0.0498. The Kier molecular flexibility index (Phi) is 5.60. The molecule has 3 aromatic heterocycles. The van der Waals surface area contributed by atoms with E-state index in [0.29, 0.717) is 12.1 Å². The number of amides is 1. The van der Waals surface area contributed by atoms with Crippen molar-refractivity contribution in [1.29, 1.82) is 0 Å². The van der Waals surface area contributed by atoms with Crippen molar-refractivity contribution in [3.63, 3.8) is 0 Å². The number of hydrogen-bond donors (Lipinski definition) is 3. The SMILES string of the molecule is CCc1cc2ncc(CN3CCN(c4cnc(C(N)=O)c(N)c4)C[C@@H]3C)cc2[nH]c1=O. The topological polar surface area (TPSA) is 134 Å². The smallest absolute Gasteiger partial charge is 0.269 e. The molecule has 9 heteroatoms. The summed E-state index contributed by atoms with van der Waals surface area (Å²) in [6.07, 6.45) is 4.21. The third kappa shape index (κ3) is 4.22. The van der Waals surface area contributed by atoms with E-state index in [1.807, 2.05) is 25.3 Å². The minimum atomic E-state index is -0.626. The number of carbonyl (C=O) groups excluding carboxylic acids is 1. The number of nitrogens with zero attached hydrogens (tertiary/aromatic N) is 4. The van der Waals surface area contributed by atoms with Crippen molar-refractivity contribution in [3.05, 3.63) is 57.8 Å². The second-order valence-electron chi connectivity index (χ2n) is 8.01. The number of carbonyl (C=O) groups is 1. The second-order valence-corrected chi connectivity index (χ2v) is 8.01. The molecule has 1 aliphatic rings. The van der Waals surface area contributed by atoms with E-state index >= 15 is 0 Å². The molecule has 162 valence electrons. The molecule has 3 aromatic rings. The van der Waals surface area contributed by atoms with E-state index in [-0.39, 0.29) is 17.3 Å². The zero-order chi connectivity index (χ0) is 22.1. The van der Waals surface area contributed by atoms with Crippen LogP contribution in [0.2, 0.25) is 0 Å². The van der Waals surface area contributed by atoms with Gasteiger partial charge >= 0.3 is 0 Å². The minimum Gasteiger partial charge on any atom is -0.397 e. The Morgan fingerprint density at radius 1 is 1.23 bits per heavy atom. The fourth-order valence-corrected chi connectivity index (χ4v) is 4.06.